The second-order valence-corrected chi connectivity index (χ2v) is 7.37. The van der Waals surface area contributed by atoms with Crippen LogP contribution in [0.15, 0.2) is 30.6 Å². The summed E-state index contributed by atoms with van der Waals surface area (Å²) < 4.78 is 0. The van der Waals surface area contributed by atoms with E-state index in [-0.39, 0.29) is 5.91 Å². The van der Waals surface area contributed by atoms with Crippen molar-refractivity contribution in [3.05, 3.63) is 58.7 Å². The van der Waals surface area contributed by atoms with E-state index in [4.69, 9.17) is 0 Å². The van der Waals surface area contributed by atoms with E-state index in [1.165, 1.54) is 5.56 Å². The van der Waals surface area contributed by atoms with E-state index in [0.29, 0.717) is 5.57 Å². The number of aromatic amines is 1. The van der Waals surface area contributed by atoms with Crippen LogP contribution in [0.1, 0.15) is 34.5 Å². The van der Waals surface area contributed by atoms with Crippen LogP contribution in [0, 0.1) is 13.8 Å². The van der Waals surface area contributed by atoms with Gasteiger partial charge in [-0.25, -0.2) is 0 Å². The van der Waals surface area contributed by atoms with Gasteiger partial charge in [0.15, 0.2) is 0 Å². The minimum absolute atomic E-state index is 0.0882. The van der Waals surface area contributed by atoms with E-state index in [2.05, 4.69) is 38.8 Å². The molecule has 0 aliphatic carbocycles. The van der Waals surface area contributed by atoms with Crippen molar-refractivity contribution in [2.75, 3.05) is 17.2 Å². The lowest BCUT2D eigenvalue weighted by molar-refractivity contribution is -0.110. The number of aromatic nitrogens is 3. The molecule has 6 nitrogen and oxygen atoms in total. The first kappa shape index (κ1) is 16.7. The average molecular weight is 371 g/mol. The van der Waals surface area contributed by atoms with Gasteiger partial charge < -0.3 is 10.6 Å². The lowest BCUT2D eigenvalue weighted by Crippen LogP contribution is -2.14. The molecule has 0 saturated heterocycles. The molecular formula is C22H21N5O. The molecule has 0 atom stereocenters. The van der Waals surface area contributed by atoms with Crippen LogP contribution < -0.4 is 10.6 Å². The highest BCUT2D eigenvalue weighted by atomic mass is 16.2. The van der Waals surface area contributed by atoms with Crippen LogP contribution in [0.4, 0.5) is 11.4 Å². The number of H-pyrrole nitrogens is 1. The van der Waals surface area contributed by atoms with Crippen LogP contribution in [0.3, 0.4) is 0 Å². The number of fused-ring (bicyclic) bond motifs is 2. The molecule has 140 valence electrons. The quantitative estimate of drug-likeness (QED) is 0.596. The largest absolute Gasteiger partial charge is 0.383 e. The Morgan fingerprint density at radius 1 is 1.14 bits per heavy atom. The van der Waals surface area contributed by atoms with Crippen molar-refractivity contribution in [3.8, 4) is 11.1 Å². The normalized spacial score (nSPS) is 16.5. The predicted molar refractivity (Wildman–Crippen MR) is 111 cm³/mol. The fourth-order valence-corrected chi connectivity index (χ4v) is 4.00. The van der Waals surface area contributed by atoms with Crippen LogP contribution in [-0.4, -0.2) is 27.6 Å². The van der Waals surface area contributed by atoms with Crippen LogP contribution in [0.25, 0.3) is 22.8 Å². The lowest BCUT2D eigenvalue weighted by Gasteiger charge is -2.21. The number of pyridine rings is 1. The van der Waals surface area contributed by atoms with Gasteiger partial charge in [-0.05, 0) is 56.0 Å². The Morgan fingerprint density at radius 3 is 2.86 bits per heavy atom. The zero-order valence-corrected chi connectivity index (χ0v) is 15.9. The molecule has 3 aromatic rings. The number of nitrogens with zero attached hydrogens (tertiary/aromatic N) is 2. The highest BCUT2D eigenvalue weighted by Crippen LogP contribution is 2.38. The van der Waals surface area contributed by atoms with Gasteiger partial charge in [-0.3, -0.25) is 14.9 Å². The number of anilines is 2. The molecule has 1 aromatic carbocycles. The number of nitrogens with one attached hydrogen (secondary N) is 3. The Morgan fingerprint density at radius 2 is 2.04 bits per heavy atom. The zero-order chi connectivity index (χ0) is 19.3. The van der Waals surface area contributed by atoms with Crippen molar-refractivity contribution in [3.63, 3.8) is 0 Å². The monoisotopic (exact) mass is 371 g/mol. The number of carbonyl (C=O) groups excluding carboxylic acids is 1. The summed E-state index contributed by atoms with van der Waals surface area (Å²) in [6.45, 7) is 5.06. The van der Waals surface area contributed by atoms with Gasteiger partial charge in [0.05, 0.1) is 17.6 Å². The van der Waals surface area contributed by atoms with Gasteiger partial charge in [0, 0.05) is 46.4 Å². The molecule has 0 fully saturated rings. The highest BCUT2D eigenvalue weighted by Gasteiger charge is 2.25. The molecule has 0 spiro atoms. The Labute approximate surface area is 163 Å². The summed E-state index contributed by atoms with van der Waals surface area (Å²) in [6, 6.07) is 6.09. The molecule has 6 heteroatoms. The Hall–Kier alpha value is -3.41. The van der Waals surface area contributed by atoms with Crippen molar-refractivity contribution in [2.24, 2.45) is 0 Å². The summed E-state index contributed by atoms with van der Waals surface area (Å²) in [5.74, 6) is -0.0882. The minimum Gasteiger partial charge on any atom is -0.383 e. The van der Waals surface area contributed by atoms with Gasteiger partial charge in [-0.2, -0.15) is 5.10 Å². The highest BCUT2D eigenvalue weighted by molar-refractivity contribution is 6.35. The molecule has 28 heavy (non-hydrogen) atoms. The Balaban J connectivity index is 1.61. The predicted octanol–water partition coefficient (Wildman–Crippen LogP) is 3.94. The molecule has 4 heterocycles. The molecule has 0 radical (unpaired) electrons. The summed E-state index contributed by atoms with van der Waals surface area (Å²) >= 11 is 0. The first-order valence-electron chi connectivity index (χ1n) is 9.52. The number of carbonyl (C=O) groups is 1. The molecule has 0 bridgehead atoms. The number of hydrogen-bond acceptors (Lipinski definition) is 4. The number of amides is 1. The maximum absolute atomic E-state index is 12.5. The standard InChI is InChI=1S/C22H21N5O/c1-12-18(11-24-20-4-3-7-23-21(12)20)14-5-6-19-16(8-14)17(22(28)26-19)9-15-10-25-27-13(15)2/h5-6,8-11,23H,3-4,7H2,1-2H3,(H,25,27)(H,26,28)/b17-9-. The van der Waals surface area contributed by atoms with Gasteiger partial charge >= 0.3 is 0 Å². The third kappa shape index (κ3) is 2.60. The topological polar surface area (TPSA) is 82.7 Å². The molecule has 0 saturated carbocycles. The lowest BCUT2D eigenvalue weighted by atomic mass is 9.94. The van der Waals surface area contributed by atoms with E-state index < -0.39 is 0 Å². The van der Waals surface area contributed by atoms with Gasteiger partial charge in [0.1, 0.15) is 0 Å². The number of rotatable bonds is 2. The molecule has 2 aliphatic rings. The van der Waals surface area contributed by atoms with Crippen LogP contribution in [0.2, 0.25) is 0 Å². The van der Waals surface area contributed by atoms with Gasteiger partial charge in [-0.15, -0.1) is 0 Å². The van der Waals surface area contributed by atoms with Gasteiger partial charge in [0.2, 0.25) is 0 Å². The number of aryl methyl sites for hydroxylation is 2. The van der Waals surface area contributed by atoms with Gasteiger partial charge in [-0.1, -0.05) is 6.07 Å². The second-order valence-electron chi connectivity index (χ2n) is 7.37. The number of benzene rings is 1. The number of hydrogen-bond donors (Lipinski definition) is 3. The maximum Gasteiger partial charge on any atom is 0.256 e. The Kier molecular flexibility index (Phi) is 3.79. The molecule has 2 aliphatic heterocycles. The molecule has 0 unspecified atom stereocenters. The van der Waals surface area contributed by atoms with Crippen molar-refractivity contribution in [1.29, 1.82) is 0 Å². The molecule has 5 rings (SSSR count). The Bertz CT molecular complexity index is 1140. The van der Waals surface area contributed by atoms with E-state index in [0.717, 1.165) is 64.4 Å². The zero-order valence-electron chi connectivity index (χ0n) is 15.9. The van der Waals surface area contributed by atoms with Crippen molar-refractivity contribution < 1.29 is 4.79 Å². The molecule has 3 N–H and O–H groups in total. The summed E-state index contributed by atoms with van der Waals surface area (Å²) in [5, 5.41) is 13.4. The maximum atomic E-state index is 12.5. The second kappa shape index (κ2) is 6.34. The van der Waals surface area contributed by atoms with Crippen LogP contribution >= 0.6 is 0 Å². The van der Waals surface area contributed by atoms with E-state index in [9.17, 15) is 4.79 Å². The van der Waals surface area contributed by atoms with Crippen molar-refractivity contribution >= 4 is 28.9 Å². The van der Waals surface area contributed by atoms with Crippen LogP contribution in [-0.2, 0) is 11.2 Å². The first-order valence-corrected chi connectivity index (χ1v) is 9.52. The molecule has 1 amide bonds. The van der Waals surface area contributed by atoms with Crippen molar-refractivity contribution in [2.45, 2.75) is 26.7 Å². The van der Waals surface area contributed by atoms with Gasteiger partial charge in [0.25, 0.3) is 5.91 Å². The minimum atomic E-state index is -0.0882. The first-order chi connectivity index (χ1) is 13.6. The smallest absolute Gasteiger partial charge is 0.256 e. The molecular weight excluding hydrogens is 350 g/mol. The van der Waals surface area contributed by atoms with Crippen LogP contribution in [0.5, 0.6) is 0 Å². The van der Waals surface area contributed by atoms with E-state index in [1.807, 2.05) is 31.3 Å². The third-order valence-corrected chi connectivity index (χ3v) is 5.59. The van der Waals surface area contributed by atoms with Crippen molar-refractivity contribution in [1.82, 2.24) is 15.2 Å². The SMILES string of the molecule is Cc1[nH]ncc1/C=C1\C(=O)Nc2ccc(-c3cnc4c(c3C)NCCC4)cc21. The van der Waals surface area contributed by atoms with E-state index in [1.54, 1.807) is 6.20 Å². The third-order valence-electron chi connectivity index (χ3n) is 5.59. The van der Waals surface area contributed by atoms with E-state index >= 15 is 0 Å². The fourth-order valence-electron chi connectivity index (χ4n) is 4.00. The fraction of sp³-hybridized carbons (Fsp3) is 0.227. The average Bonchev–Trinajstić information content (AvgIpc) is 3.25. The summed E-state index contributed by atoms with van der Waals surface area (Å²) in [6.07, 6.45) is 7.72. The summed E-state index contributed by atoms with van der Waals surface area (Å²) in [7, 11) is 0. The molecule has 2 aromatic heterocycles. The summed E-state index contributed by atoms with van der Waals surface area (Å²) in [4.78, 5) is 17.2. The summed E-state index contributed by atoms with van der Waals surface area (Å²) in [5.41, 5.74) is 9.91.